The lowest BCUT2D eigenvalue weighted by molar-refractivity contribution is 0.301. The number of aliphatic imine (C=N–C) groups is 2. The van der Waals surface area contributed by atoms with Crippen LogP contribution in [0.5, 0.6) is 0 Å². The summed E-state index contributed by atoms with van der Waals surface area (Å²) in [5.74, 6) is -0.339. The Morgan fingerprint density at radius 2 is 2.00 bits per heavy atom. The van der Waals surface area contributed by atoms with Gasteiger partial charge in [0.15, 0.2) is 0 Å². The van der Waals surface area contributed by atoms with Crippen LogP contribution < -0.4 is 0 Å². The van der Waals surface area contributed by atoms with Gasteiger partial charge in [0, 0.05) is 24.7 Å². The van der Waals surface area contributed by atoms with Crippen molar-refractivity contribution in [3.05, 3.63) is 46.8 Å². The number of halogens is 2. The molecule has 0 aromatic heterocycles. The van der Waals surface area contributed by atoms with E-state index >= 15 is 0 Å². The van der Waals surface area contributed by atoms with Gasteiger partial charge in [-0.1, -0.05) is 36.8 Å². The van der Waals surface area contributed by atoms with Crippen LogP contribution in [0.2, 0.25) is 0 Å². The van der Waals surface area contributed by atoms with E-state index in [1.54, 1.807) is 18.5 Å². The molecule has 1 aliphatic carbocycles. The second-order valence-electron chi connectivity index (χ2n) is 5.92. The van der Waals surface area contributed by atoms with Crippen molar-refractivity contribution in [1.82, 2.24) is 0 Å². The minimum absolute atomic E-state index is 0.184. The highest BCUT2D eigenvalue weighted by Gasteiger charge is 2.27. The third kappa shape index (κ3) is 6.43. The van der Waals surface area contributed by atoms with Gasteiger partial charge in [-0.15, -0.1) is 0 Å². The summed E-state index contributed by atoms with van der Waals surface area (Å²) in [6.45, 7) is 7.67. The van der Waals surface area contributed by atoms with E-state index in [1.165, 1.54) is 0 Å². The summed E-state index contributed by atoms with van der Waals surface area (Å²) in [5, 5.41) is 8.83. The average Bonchev–Trinajstić information content (AvgIpc) is 2.60. The molecule has 2 atom stereocenters. The second-order valence-corrected chi connectivity index (χ2v) is 6.32. The number of hydrogen-bond donors (Lipinski definition) is 0. The molecule has 0 saturated heterocycles. The third-order valence-electron chi connectivity index (χ3n) is 3.98. The molecule has 0 saturated carbocycles. The minimum atomic E-state index is -1.27. The summed E-state index contributed by atoms with van der Waals surface area (Å²) in [6, 6.07) is 2.04. The van der Waals surface area contributed by atoms with E-state index in [4.69, 9.17) is 16.9 Å². The molecule has 0 spiro atoms. The van der Waals surface area contributed by atoms with Gasteiger partial charge >= 0.3 is 0 Å². The quantitative estimate of drug-likeness (QED) is 0.508. The molecule has 0 fully saturated rings. The molecule has 0 aliphatic heterocycles. The van der Waals surface area contributed by atoms with E-state index in [0.717, 1.165) is 23.4 Å². The first-order valence-corrected chi connectivity index (χ1v) is 8.80. The molecule has 0 aromatic carbocycles. The first kappa shape index (κ1) is 21.1. The number of nitriles is 1. The van der Waals surface area contributed by atoms with Crippen molar-refractivity contribution < 1.29 is 4.39 Å². The molecule has 5 heteroatoms. The Bertz CT molecular complexity index is 690. The predicted octanol–water partition coefficient (Wildman–Crippen LogP) is 6.06. The fourth-order valence-electron chi connectivity index (χ4n) is 2.25. The maximum absolute atomic E-state index is 14.4. The molecule has 0 aromatic rings. The van der Waals surface area contributed by atoms with E-state index in [0.29, 0.717) is 18.4 Å². The van der Waals surface area contributed by atoms with Gasteiger partial charge < -0.3 is 0 Å². The summed E-state index contributed by atoms with van der Waals surface area (Å²) in [6.07, 6.45) is 9.49. The van der Waals surface area contributed by atoms with E-state index in [-0.39, 0.29) is 11.0 Å². The van der Waals surface area contributed by atoms with Gasteiger partial charge in [0.25, 0.3) is 0 Å². The molecule has 25 heavy (non-hydrogen) atoms. The highest BCUT2D eigenvalue weighted by atomic mass is 35.5. The van der Waals surface area contributed by atoms with Crippen LogP contribution in [0, 0.1) is 17.2 Å². The van der Waals surface area contributed by atoms with Crippen LogP contribution in [0.25, 0.3) is 0 Å². The second kappa shape index (κ2) is 10.8. The highest BCUT2D eigenvalue weighted by molar-refractivity contribution is 6.40. The maximum Gasteiger partial charge on any atom is 0.142 e. The van der Waals surface area contributed by atoms with Crippen LogP contribution in [0.1, 0.15) is 47.0 Å². The van der Waals surface area contributed by atoms with Crippen LogP contribution in [0.15, 0.2) is 56.8 Å². The Morgan fingerprint density at radius 1 is 1.32 bits per heavy atom. The molecular weight excluding hydrogens is 337 g/mol. The Morgan fingerprint density at radius 3 is 2.64 bits per heavy atom. The lowest BCUT2D eigenvalue weighted by Crippen LogP contribution is -2.18. The van der Waals surface area contributed by atoms with Gasteiger partial charge in [0.2, 0.25) is 0 Å². The van der Waals surface area contributed by atoms with Crippen molar-refractivity contribution in [2.24, 2.45) is 15.9 Å². The topological polar surface area (TPSA) is 48.5 Å². The summed E-state index contributed by atoms with van der Waals surface area (Å²) in [5.41, 5.74) is 3.06. The molecule has 1 aliphatic rings. The van der Waals surface area contributed by atoms with Crippen LogP contribution in [0.3, 0.4) is 0 Å². The molecule has 0 radical (unpaired) electrons. The highest BCUT2D eigenvalue weighted by Crippen LogP contribution is 2.35. The van der Waals surface area contributed by atoms with Gasteiger partial charge in [-0.25, -0.2) is 4.39 Å². The third-order valence-corrected chi connectivity index (χ3v) is 4.40. The standard InChI is InChI=1S/C20H25ClFN3/c1-5-6-12-24-15(3)16(4)25-13-14(2)18-10-9-17(8-7-11-23)20(22)19(18)21/h6,9-10,12-13,17,20H,5,7-8H2,1-4H3/b12-6-,14-13+,24-15-,25-16+. The zero-order valence-electron chi connectivity index (χ0n) is 15.3. The monoisotopic (exact) mass is 361 g/mol. The Kier molecular flexibility index (Phi) is 9.08. The Balaban J connectivity index is 2.92. The number of hydrogen-bond acceptors (Lipinski definition) is 3. The largest absolute Gasteiger partial charge is 0.260 e. The normalized spacial score (nSPS) is 22.7. The van der Waals surface area contributed by atoms with Crippen molar-refractivity contribution >= 4 is 23.0 Å². The molecular formula is C20H25ClFN3. The lowest BCUT2D eigenvalue weighted by Gasteiger charge is -2.23. The molecule has 0 N–H and O–H groups in total. The molecule has 3 nitrogen and oxygen atoms in total. The van der Waals surface area contributed by atoms with E-state index in [9.17, 15) is 4.39 Å². The number of nitrogens with zero attached hydrogens (tertiary/aromatic N) is 3. The average molecular weight is 362 g/mol. The Labute approximate surface area is 155 Å². The van der Waals surface area contributed by atoms with Crippen LogP contribution >= 0.6 is 11.6 Å². The van der Waals surface area contributed by atoms with Gasteiger partial charge in [-0.05, 0) is 44.8 Å². The SMILES string of the molecule is CC\C=C/N=C(C)\C(C)=N\C=C(/C)C1=C(Cl)C(F)C(CCC#N)C=C1. The van der Waals surface area contributed by atoms with Crippen molar-refractivity contribution in [3.63, 3.8) is 0 Å². The van der Waals surface area contributed by atoms with E-state index < -0.39 is 6.17 Å². The summed E-state index contributed by atoms with van der Waals surface area (Å²) in [4.78, 5) is 8.71. The van der Waals surface area contributed by atoms with Crippen molar-refractivity contribution in [3.8, 4) is 6.07 Å². The van der Waals surface area contributed by atoms with Gasteiger partial charge in [0.05, 0.1) is 22.5 Å². The first-order chi connectivity index (χ1) is 11.9. The lowest BCUT2D eigenvalue weighted by atomic mass is 9.89. The van der Waals surface area contributed by atoms with Gasteiger partial charge in [-0.3, -0.25) is 9.98 Å². The zero-order valence-corrected chi connectivity index (χ0v) is 16.0. The molecule has 0 heterocycles. The summed E-state index contributed by atoms with van der Waals surface area (Å²) >= 11 is 6.21. The summed E-state index contributed by atoms with van der Waals surface area (Å²) < 4.78 is 14.4. The molecule has 0 amide bonds. The van der Waals surface area contributed by atoms with E-state index in [1.807, 2.05) is 45.9 Å². The molecule has 134 valence electrons. The molecule has 1 rings (SSSR count). The fraction of sp³-hybridized carbons (Fsp3) is 0.450. The zero-order chi connectivity index (χ0) is 18.8. The van der Waals surface area contributed by atoms with Crippen LogP contribution in [-0.2, 0) is 0 Å². The van der Waals surface area contributed by atoms with Crippen LogP contribution in [-0.4, -0.2) is 17.6 Å². The fourth-order valence-corrected chi connectivity index (χ4v) is 2.62. The van der Waals surface area contributed by atoms with E-state index in [2.05, 4.69) is 9.98 Å². The Hall–Kier alpha value is -1.99. The van der Waals surface area contributed by atoms with Crippen molar-refractivity contribution in [2.45, 2.75) is 53.1 Å². The summed E-state index contributed by atoms with van der Waals surface area (Å²) in [7, 11) is 0. The van der Waals surface area contributed by atoms with Crippen molar-refractivity contribution in [1.29, 1.82) is 5.26 Å². The number of rotatable bonds is 7. The van der Waals surface area contributed by atoms with Crippen molar-refractivity contribution in [2.75, 3.05) is 0 Å². The predicted molar refractivity (Wildman–Crippen MR) is 105 cm³/mol. The van der Waals surface area contributed by atoms with Gasteiger partial charge in [0.1, 0.15) is 6.17 Å². The smallest absolute Gasteiger partial charge is 0.142 e. The number of alkyl halides is 1. The molecule has 0 bridgehead atoms. The molecule has 2 unspecified atom stereocenters. The van der Waals surface area contributed by atoms with Gasteiger partial charge in [-0.2, -0.15) is 5.26 Å². The minimum Gasteiger partial charge on any atom is -0.260 e. The first-order valence-electron chi connectivity index (χ1n) is 8.42. The van der Waals surface area contributed by atoms with Crippen LogP contribution in [0.4, 0.5) is 4.39 Å². The maximum atomic E-state index is 14.4. The number of allylic oxidation sites excluding steroid dienone is 6.